The molecule has 0 spiro atoms. The van der Waals surface area contributed by atoms with Gasteiger partial charge in [0.2, 0.25) is 5.78 Å². The smallest absolute Gasteiger partial charge is 0.281 e. The highest BCUT2D eigenvalue weighted by Gasteiger charge is 2.37. The van der Waals surface area contributed by atoms with Gasteiger partial charge in [0.05, 0.1) is 15.5 Å². The highest BCUT2D eigenvalue weighted by Crippen LogP contribution is 2.38. The third-order valence-electron chi connectivity index (χ3n) is 2.68. The molecule has 2 rings (SSSR count). The number of nitrogens with zero attached hydrogens (tertiary/aromatic N) is 1. The Morgan fingerprint density at radius 1 is 1.22 bits per heavy atom. The van der Waals surface area contributed by atoms with Crippen LogP contribution in [-0.4, -0.2) is 21.6 Å². The van der Waals surface area contributed by atoms with Gasteiger partial charge < -0.3 is 5.11 Å². The average molecular weight is 268 g/mol. The largest absolute Gasteiger partial charge is 0.507 e. The van der Waals surface area contributed by atoms with E-state index in [0.29, 0.717) is 0 Å². The standard InChI is InChI=1S/C11H6ClNO5/c1-4-9(12)11(16)8-6(14)3-2-5(13(17)18)7(8)10(4)15/h2-3,14H,1H3. The lowest BCUT2D eigenvalue weighted by atomic mass is 9.88. The molecule has 0 bridgehead atoms. The summed E-state index contributed by atoms with van der Waals surface area (Å²) in [6, 6.07) is 1.97. The van der Waals surface area contributed by atoms with Crippen molar-refractivity contribution in [1.29, 1.82) is 0 Å². The molecule has 0 fully saturated rings. The van der Waals surface area contributed by atoms with Crippen LogP contribution in [-0.2, 0) is 0 Å². The van der Waals surface area contributed by atoms with Crippen LogP contribution in [0.1, 0.15) is 27.6 Å². The van der Waals surface area contributed by atoms with Crippen LogP contribution < -0.4 is 0 Å². The first-order chi connectivity index (χ1) is 8.36. The van der Waals surface area contributed by atoms with E-state index in [4.69, 9.17) is 11.6 Å². The lowest BCUT2D eigenvalue weighted by Gasteiger charge is -2.16. The summed E-state index contributed by atoms with van der Waals surface area (Å²) in [7, 11) is 0. The van der Waals surface area contributed by atoms with Crippen LogP contribution in [0, 0.1) is 10.1 Å². The Balaban J connectivity index is 2.89. The first-order valence-electron chi connectivity index (χ1n) is 4.82. The molecule has 1 aromatic carbocycles. The number of nitro groups is 1. The molecule has 1 aromatic rings. The van der Waals surface area contributed by atoms with Crippen molar-refractivity contribution in [2.45, 2.75) is 6.92 Å². The van der Waals surface area contributed by atoms with Gasteiger partial charge in [0.25, 0.3) is 5.69 Å². The minimum absolute atomic E-state index is 0.0668. The number of Topliss-reactive ketones (excluding diaryl/α,β-unsaturated/α-hetero) is 2. The van der Waals surface area contributed by atoms with E-state index in [1.54, 1.807) is 0 Å². The summed E-state index contributed by atoms with van der Waals surface area (Å²) in [6.45, 7) is 1.30. The van der Waals surface area contributed by atoms with Crippen molar-refractivity contribution in [3.8, 4) is 5.75 Å². The number of carbonyl (C=O) groups is 2. The molecule has 1 aliphatic carbocycles. The van der Waals surface area contributed by atoms with Gasteiger partial charge in [0, 0.05) is 11.6 Å². The fraction of sp³-hybridized carbons (Fsp3) is 0.0909. The third kappa shape index (κ3) is 1.50. The van der Waals surface area contributed by atoms with E-state index >= 15 is 0 Å². The Morgan fingerprint density at radius 2 is 1.83 bits per heavy atom. The van der Waals surface area contributed by atoms with E-state index in [0.717, 1.165) is 12.1 Å². The molecule has 7 heteroatoms. The highest BCUT2D eigenvalue weighted by molar-refractivity contribution is 6.50. The summed E-state index contributed by atoms with van der Waals surface area (Å²) in [6.07, 6.45) is 0. The van der Waals surface area contributed by atoms with E-state index in [2.05, 4.69) is 0 Å². The summed E-state index contributed by atoms with van der Waals surface area (Å²) in [4.78, 5) is 33.8. The van der Waals surface area contributed by atoms with Gasteiger partial charge in [-0.15, -0.1) is 0 Å². The van der Waals surface area contributed by atoms with Crippen LogP contribution in [0.2, 0.25) is 0 Å². The molecular weight excluding hydrogens is 262 g/mol. The summed E-state index contributed by atoms with van der Waals surface area (Å²) in [5.74, 6) is -2.01. The molecule has 0 unspecified atom stereocenters. The number of allylic oxidation sites excluding steroid dienone is 2. The minimum Gasteiger partial charge on any atom is -0.507 e. The highest BCUT2D eigenvalue weighted by atomic mass is 35.5. The summed E-state index contributed by atoms with van der Waals surface area (Å²) in [5.41, 5.74) is -1.41. The Bertz CT molecular complexity index is 647. The van der Waals surface area contributed by atoms with Crippen molar-refractivity contribution in [3.05, 3.63) is 44.0 Å². The Labute approximate surface area is 106 Å². The zero-order valence-corrected chi connectivity index (χ0v) is 9.82. The SMILES string of the molecule is CC1=C(Cl)C(=O)c2c(O)ccc([N+](=O)[O-])c2C1=O. The zero-order valence-electron chi connectivity index (χ0n) is 9.06. The van der Waals surface area contributed by atoms with Gasteiger partial charge in [-0.1, -0.05) is 11.6 Å². The molecule has 6 nitrogen and oxygen atoms in total. The fourth-order valence-electron chi connectivity index (χ4n) is 1.76. The third-order valence-corrected chi connectivity index (χ3v) is 3.14. The summed E-state index contributed by atoms with van der Waals surface area (Å²) in [5, 5.41) is 20.1. The molecule has 0 atom stereocenters. The fourth-order valence-corrected chi connectivity index (χ4v) is 1.94. The zero-order chi connectivity index (χ0) is 13.6. The maximum absolute atomic E-state index is 11.9. The van der Waals surface area contributed by atoms with Gasteiger partial charge in [-0.3, -0.25) is 19.7 Å². The van der Waals surface area contributed by atoms with Crippen LogP contribution in [0.25, 0.3) is 0 Å². The van der Waals surface area contributed by atoms with Gasteiger partial charge in [-0.2, -0.15) is 0 Å². The van der Waals surface area contributed by atoms with E-state index in [-0.39, 0.29) is 10.6 Å². The maximum atomic E-state index is 11.9. The van der Waals surface area contributed by atoms with Gasteiger partial charge >= 0.3 is 0 Å². The number of hydrogen-bond donors (Lipinski definition) is 1. The molecule has 0 amide bonds. The first kappa shape index (κ1) is 12.3. The quantitative estimate of drug-likeness (QED) is 0.621. The van der Waals surface area contributed by atoms with Crippen molar-refractivity contribution < 1.29 is 19.6 Å². The second kappa shape index (κ2) is 3.92. The normalized spacial score (nSPS) is 14.8. The number of nitro benzene ring substituents is 1. The maximum Gasteiger partial charge on any atom is 0.281 e. The molecule has 0 saturated carbocycles. The van der Waals surface area contributed by atoms with Crippen LogP contribution in [0.3, 0.4) is 0 Å². The molecule has 1 aliphatic rings. The summed E-state index contributed by atoms with van der Waals surface area (Å²) >= 11 is 5.67. The topological polar surface area (TPSA) is 97.5 Å². The summed E-state index contributed by atoms with van der Waals surface area (Å²) < 4.78 is 0. The number of rotatable bonds is 1. The van der Waals surface area contributed by atoms with Crippen molar-refractivity contribution in [3.63, 3.8) is 0 Å². The van der Waals surface area contributed by atoms with Crippen molar-refractivity contribution in [1.82, 2.24) is 0 Å². The second-order valence-corrected chi connectivity index (χ2v) is 4.09. The number of aromatic hydroxyl groups is 1. The monoisotopic (exact) mass is 267 g/mol. The number of ketones is 2. The Kier molecular flexibility index (Phi) is 2.67. The molecule has 92 valence electrons. The number of benzene rings is 1. The molecule has 0 heterocycles. The molecule has 0 aliphatic heterocycles. The number of hydrogen-bond acceptors (Lipinski definition) is 5. The number of phenolic OH excluding ortho intramolecular Hbond substituents is 1. The van der Waals surface area contributed by atoms with Crippen molar-refractivity contribution in [2.75, 3.05) is 0 Å². The molecule has 18 heavy (non-hydrogen) atoms. The number of halogens is 1. The molecular formula is C11H6ClNO5. The van der Waals surface area contributed by atoms with E-state index < -0.39 is 39.1 Å². The minimum atomic E-state index is -0.787. The van der Waals surface area contributed by atoms with Crippen molar-refractivity contribution >= 4 is 28.9 Å². The van der Waals surface area contributed by atoms with Crippen LogP contribution in [0.4, 0.5) is 5.69 Å². The molecule has 1 N–H and O–H groups in total. The lowest BCUT2D eigenvalue weighted by molar-refractivity contribution is -0.385. The molecule has 0 saturated heterocycles. The molecule has 0 aromatic heterocycles. The predicted octanol–water partition coefficient (Wildman–Crippen LogP) is 2.19. The van der Waals surface area contributed by atoms with Gasteiger partial charge in [-0.25, -0.2) is 0 Å². The molecule has 0 radical (unpaired) electrons. The predicted molar refractivity (Wildman–Crippen MR) is 62.0 cm³/mol. The number of phenols is 1. The average Bonchev–Trinajstić information content (AvgIpc) is 2.32. The van der Waals surface area contributed by atoms with Gasteiger partial charge in [0.15, 0.2) is 5.78 Å². The van der Waals surface area contributed by atoms with E-state index in [1.807, 2.05) is 0 Å². The first-order valence-corrected chi connectivity index (χ1v) is 5.20. The second-order valence-electron chi connectivity index (χ2n) is 3.71. The van der Waals surface area contributed by atoms with Crippen molar-refractivity contribution in [2.24, 2.45) is 0 Å². The number of carbonyl (C=O) groups excluding carboxylic acids is 2. The van der Waals surface area contributed by atoms with Crippen LogP contribution in [0.5, 0.6) is 5.75 Å². The van der Waals surface area contributed by atoms with Gasteiger partial charge in [0.1, 0.15) is 11.3 Å². The van der Waals surface area contributed by atoms with E-state index in [9.17, 15) is 24.8 Å². The van der Waals surface area contributed by atoms with Crippen LogP contribution in [0.15, 0.2) is 22.7 Å². The Hall–Kier alpha value is -2.21. The lowest BCUT2D eigenvalue weighted by Crippen LogP contribution is -2.20. The number of fused-ring (bicyclic) bond motifs is 1. The Morgan fingerprint density at radius 3 is 2.39 bits per heavy atom. The van der Waals surface area contributed by atoms with E-state index in [1.165, 1.54) is 6.92 Å². The van der Waals surface area contributed by atoms with Gasteiger partial charge in [-0.05, 0) is 13.0 Å². The van der Waals surface area contributed by atoms with Crippen LogP contribution >= 0.6 is 11.6 Å².